The molecule has 0 radical (unpaired) electrons. The number of carbonyl (C=O) groups excluding carboxylic acids is 1. The van der Waals surface area contributed by atoms with Crippen molar-refractivity contribution < 1.29 is 17.9 Å². The predicted molar refractivity (Wildman–Crippen MR) is 89.3 cm³/mol. The first-order valence-corrected chi connectivity index (χ1v) is 8.71. The van der Waals surface area contributed by atoms with Crippen molar-refractivity contribution in [2.45, 2.75) is 25.0 Å². The van der Waals surface area contributed by atoms with Crippen LogP contribution in [0, 0.1) is 6.92 Å². The largest absolute Gasteiger partial charge is 0.497 e. The van der Waals surface area contributed by atoms with Gasteiger partial charge in [-0.15, -0.1) is 0 Å². The highest BCUT2D eigenvalue weighted by Crippen LogP contribution is 2.25. The third-order valence-electron chi connectivity index (χ3n) is 3.79. The summed E-state index contributed by atoms with van der Waals surface area (Å²) in [5.41, 5.74) is 1.40. The number of benzene rings is 1. The molecule has 7 nitrogen and oxygen atoms in total. The highest BCUT2D eigenvalue weighted by molar-refractivity contribution is 7.91. The predicted octanol–water partition coefficient (Wildman–Crippen LogP) is 1.27. The second-order valence-electron chi connectivity index (χ2n) is 5.71. The molecule has 0 aliphatic carbocycles. The molecular weight excluding hydrogens is 330 g/mol. The Balaban J connectivity index is 2.42. The van der Waals surface area contributed by atoms with Gasteiger partial charge in [0.2, 0.25) is 15.8 Å². The fourth-order valence-corrected chi connectivity index (χ4v) is 2.91. The Hall–Kier alpha value is -2.32. The number of ketones is 1. The van der Waals surface area contributed by atoms with Gasteiger partial charge in [-0.1, -0.05) is 12.1 Å². The average molecular weight is 349 g/mol. The van der Waals surface area contributed by atoms with Crippen LogP contribution in [-0.4, -0.2) is 36.0 Å². The molecule has 2 aromatic rings. The first-order chi connectivity index (χ1) is 11.2. The molecule has 0 fully saturated rings. The molecule has 0 amide bonds. The molecule has 128 valence electrons. The lowest BCUT2D eigenvalue weighted by Crippen LogP contribution is -2.50. The van der Waals surface area contributed by atoms with Gasteiger partial charge in [-0.05, 0) is 37.1 Å². The molecule has 8 heteroatoms. The van der Waals surface area contributed by atoms with Crippen molar-refractivity contribution in [2.75, 3.05) is 7.11 Å². The Morgan fingerprint density at radius 3 is 2.21 bits per heavy atom. The van der Waals surface area contributed by atoms with Crippen LogP contribution in [0.1, 0.15) is 28.7 Å². The zero-order chi connectivity index (χ0) is 18.0. The second-order valence-corrected chi connectivity index (χ2v) is 7.70. The van der Waals surface area contributed by atoms with Gasteiger partial charge in [-0.25, -0.2) is 23.5 Å². The summed E-state index contributed by atoms with van der Waals surface area (Å²) in [6.45, 7) is 3.06. The van der Waals surface area contributed by atoms with Crippen LogP contribution in [0.25, 0.3) is 0 Å². The number of carbonyl (C=O) groups is 1. The van der Waals surface area contributed by atoms with Crippen molar-refractivity contribution in [2.24, 2.45) is 5.14 Å². The number of Topliss-reactive ketones (excluding diaryl/α,β-unsaturated/α-hetero) is 1. The van der Waals surface area contributed by atoms with Gasteiger partial charge in [0, 0.05) is 18.8 Å². The van der Waals surface area contributed by atoms with E-state index in [-0.39, 0.29) is 12.2 Å². The number of nitrogens with zero attached hydrogens (tertiary/aromatic N) is 2. The Morgan fingerprint density at radius 1 is 1.21 bits per heavy atom. The lowest BCUT2D eigenvalue weighted by atomic mass is 9.95. The Labute approximate surface area is 140 Å². The summed E-state index contributed by atoms with van der Waals surface area (Å²) in [5, 5.41) is 5.36. The van der Waals surface area contributed by atoms with Gasteiger partial charge >= 0.3 is 0 Å². The van der Waals surface area contributed by atoms with E-state index < -0.39 is 20.6 Å². The van der Waals surface area contributed by atoms with Crippen molar-refractivity contribution in [3.8, 4) is 5.75 Å². The number of ether oxygens (including phenoxy) is 1. The summed E-state index contributed by atoms with van der Waals surface area (Å²) in [7, 11) is -2.67. The molecule has 24 heavy (non-hydrogen) atoms. The third-order valence-corrected chi connectivity index (χ3v) is 5.38. The van der Waals surface area contributed by atoms with E-state index in [1.807, 2.05) is 0 Å². The Kier molecular flexibility index (Phi) is 5.00. The van der Waals surface area contributed by atoms with Crippen molar-refractivity contribution in [3.05, 3.63) is 53.6 Å². The molecule has 2 N–H and O–H groups in total. The van der Waals surface area contributed by atoms with Crippen molar-refractivity contribution in [1.82, 2.24) is 9.97 Å². The minimum atomic E-state index is -4.20. The summed E-state index contributed by atoms with van der Waals surface area (Å²) < 4.78 is 27.5. The molecule has 0 spiro atoms. The summed E-state index contributed by atoms with van der Waals surface area (Å²) in [6, 6.07) is 6.74. The minimum absolute atomic E-state index is 0.0914. The van der Waals surface area contributed by atoms with E-state index in [2.05, 4.69) is 9.97 Å². The second kappa shape index (κ2) is 6.66. The van der Waals surface area contributed by atoms with E-state index in [0.717, 1.165) is 5.56 Å². The van der Waals surface area contributed by atoms with Gasteiger partial charge in [-0.3, -0.25) is 4.79 Å². The molecule has 1 unspecified atom stereocenters. The number of methoxy groups -OCH3 is 1. The normalized spacial score (nSPS) is 14.0. The standard InChI is InChI=1S/C16H19N3O4S/c1-11-9-18-15(19-10-11)14(20)16(2,24(17,21)22)8-12-4-6-13(23-3)7-5-12/h4-7,9-10H,8H2,1-3H3,(H2,17,21,22). The maximum absolute atomic E-state index is 12.7. The van der Waals surface area contributed by atoms with Crippen LogP contribution in [0.2, 0.25) is 0 Å². The van der Waals surface area contributed by atoms with Crippen LogP contribution in [0.5, 0.6) is 5.75 Å². The topological polar surface area (TPSA) is 112 Å². The van der Waals surface area contributed by atoms with Crippen LogP contribution in [-0.2, 0) is 16.4 Å². The highest BCUT2D eigenvalue weighted by atomic mass is 32.2. The van der Waals surface area contributed by atoms with Gasteiger partial charge in [0.05, 0.1) is 7.11 Å². The fourth-order valence-electron chi connectivity index (χ4n) is 2.19. The first-order valence-electron chi connectivity index (χ1n) is 7.16. The number of hydrogen-bond acceptors (Lipinski definition) is 6. The van der Waals surface area contributed by atoms with Crippen LogP contribution < -0.4 is 9.88 Å². The van der Waals surface area contributed by atoms with E-state index in [1.165, 1.54) is 26.4 Å². The number of aryl methyl sites for hydroxylation is 1. The molecule has 0 saturated carbocycles. The van der Waals surface area contributed by atoms with Crippen LogP contribution in [0.3, 0.4) is 0 Å². The van der Waals surface area contributed by atoms with Crippen molar-refractivity contribution in [1.29, 1.82) is 0 Å². The van der Waals surface area contributed by atoms with E-state index in [0.29, 0.717) is 11.3 Å². The quantitative estimate of drug-likeness (QED) is 0.786. The van der Waals surface area contributed by atoms with E-state index in [1.54, 1.807) is 31.2 Å². The van der Waals surface area contributed by atoms with Gasteiger partial charge in [0.1, 0.15) is 5.75 Å². The SMILES string of the molecule is COc1ccc(CC(C)(C(=O)c2ncc(C)cn2)S(N)(=O)=O)cc1. The highest BCUT2D eigenvalue weighted by Gasteiger charge is 2.46. The average Bonchev–Trinajstić information content (AvgIpc) is 2.54. The number of rotatable bonds is 6. The lowest BCUT2D eigenvalue weighted by molar-refractivity contribution is 0.0935. The summed E-state index contributed by atoms with van der Waals surface area (Å²) in [6.07, 6.45) is 2.82. The smallest absolute Gasteiger partial charge is 0.222 e. The maximum Gasteiger partial charge on any atom is 0.222 e. The summed E-state index contributed by atoms with van der Waals surface area (Å²) in [4.78, 5) is 20.6. The zero-order valence-corrected chi connectivity index (χ0v) is 14.5. The van der Waals surface area contributed by atoms with E-state index >= 15 is 0 Å². The molecule has 1 aromatic heterocycles. The summed E-state index contributed by atoms with van der Waals surface area (Å²) in [5.74, 6) is -0.282. The molecular formula is C16H19N3O4S. The first kappa shape index (κ1) is 18.0. The van der Waals surface area contributed by atoms with Gasteiger partial charge in [0.25, 0.3) is 0 Å². The molecule has 1 aromatic carbocycles. The van der Waals surface area contributed by atoms with Crippen LogP contribution >= 0.6 is 0 Å². The summed E-state index contributed by atoms with van der Waals surface area (Å²) >= 11 is 0. The van der Waals surface area contributed by atoms with Crippen LogP contribution in [0.4, 0.5) is 0 Å². The Morgan fingerprint density at radius 2 is 1.75 bits per heavy atom. The molecule has 1 heterocycles. The lowest BCUT2D eigenvalue weighted by Gasteiger charge is -2.25. The fraction of sp³-hybridized carbons (Fsp3) is 0.312. The van der Waals surface area contributed by atoms with Gasteiger partial charge in [-0.2, -0.15) is 0 Å². The van der Waals surface area contributed by atoms with Crippen LogP contribution in [0.15, 0.2) is 36.7 Å². The monoisotopic (exact) mass is 349 g/mol. The van der Waals surface area contributed by atoms with Gasteiger partial charge in [0.15, 0.2) is 10.6 Å². The number of sulfonamides is 1. The molecule has 0 bridgehead atoms. The van der Waals surface area contributed by atoms with Gasteiger partial charge < -0.3 is 4.74 Å². The Bertz CT molecular complexity index is 833. The molecule has 0 aliphatic heterocycles. The molecule has 1 atom stereocenters. The molecule has 2 rings (SSSR count). The van der Waals surface area contributed by atoms with E-state index in [9.17, 15) is 13.2 Å². The number of primary sulfonamides is 1. The molecule has 0 saturated heterocycles. The molecule has 0 aliphatic rings. The minimum Gasteiger partial charge on any atom is -0.497 e. The number of aromatic nitrogens is 2. The van der Waals surface area contributed by atoms with Crippen molar-refractivity contribution >= 4 is 15.8 Å². The number of hydrogen-bond donors (Lipinski definition) is 1. The number of nitrogens with two attached hydrogens (primary N) is 1. The van der Waals surface area contributed by atoms with E-state index in [4.69, 9.17) is 9.88 Å². The third kappa shape index (κ3) is 3.60. The zero-order valence-electron chi connectivity index (χ0n) is 13.7. The maximum atomic E-state index is 12.7. The van der Waals surface area contributed by atoms with Crippen molar-refractivity contribution in [3.63, 3.8) is 0 Å².